The first kappa shape index (κ1) is 97.5. The zero-order valence-corrected chi connectivity index (χ0v) is 70.5. The summed E-state index contributed by atoms with van der Waals surface area (Å²) in [6.45, 7) is 6.25. The van der Waals surface area contributed by atoms with Gasteiger partial charge in [0.05, 0.1) is 32.4 Å². The number of guanidine groups is 1. The molecule has 0 unspecified atom stereocenters. The van der Waals surface area contributed by atoms with E-state index in [1.54, 1.807) is 74.8 Å². The number of benzene rings is 2. The van der Waals surface area contributed by atoms with Crippen LogP contribution in [-0.4, -0.2) is 285 Å². The van der Waals surface area contributed by atoms with Gasteiger partial charge in [-0.1, -0.05) is 89.8 Å². The second-order valence-electron chi connectivity index (χ2n) is 30.2. The van der Waals surface area contributed by atoms with Crippen LogP contribution < -0.4 is 75.7 Å². The summed E-state index contributed by atoms with van der Waals surface area (Å²) in [5.74, 6) is -13.8. The Hall–Kier alpha value is -12.4. The van der Waals surface area contributed by atoms with Gasteiger partial charge in [0.25, 0.3) is 5.91 Å². The van der Waals surface area contributed by atoms with Crippen LogP contribution in [0.3, 0.4) is 0 Å². The summed E-state index contributed by atoms with van der Waals surface area (Å²) < 4.78 is 4.97. The van der Waals surface area contributed by atoms with Gasteiger partial charge in [0.15, 0.2) is 12.1 Å². The molecular formula is C79H117N23O18S. The molecule has 1 saturated heterocycles. The van der Waals surface area contributed by atoms with Crippen molar-refractivity contribution >= 4 is 135 Å². The molecule has 6 rings (SSSR count). The molecule has 16 amide bonds. The maximum absolute atomic E-state index is 15.5. The van der Waals surface area contributed by atoms with Gasteiger partial charge in [0.2, 0.25) is 82.7 Å². The van der Waals surface area contributed by atoms with Gasteiger partial charge in [-0.2, -0.15) is 12.6 Å². The zero-order valence-electron chi connectivity index (χ0n) is 69.6. The molecule has 0 radical (unpaired) electrons. The van der Waals surface area contributed by atoms with Crippen molar-refractivity contribution in [1.29, 1.82) is 5.41 Å². The lowest BCUT2D eigenvalue weighted by atomic mass is 10.00. The van der Waals surface area contributed by atoms with Crippen LogP contribution in [-0.2, 0) is 95.9 Å². The molecule has 662 valence electrons. The number of rotatable bonds is 49. The van der Waals surface area contributed by atoms with Crippen LogP contribution in [0, 0.1) is 11.3 Å². The van der Waals surface area contributed by atoms with Crippen molar-refractivity contribution in [2.75, 3.05) is 66.7 Å². The number of para-hydroxylation sites is 2. The Labute approximate surface area is 705 Å². The quantitative estimate of drug-likeness (QED) is 0.00810. The van der Waals surface area contributed by atoms with E-state index in [0.717, 1.165) is 14.7 Å². The molecule has 5 aromatic rings. The first-order valence-corrected chi connectivity index (χ1v) is 40.8. The molecule has 1 aliphatic heterocycles. The van der Waals surface area contributed by atoms with Crippen LogP contribution in [0.1, 0.15) is 128 Å². The number of alkyl carbamates (subject to hydrolysis) is 1. The molecule has 0 aliphatic carbocycles. The molecule has 42 heteroatoms. The molecule has 0 bridgehead atoms. The fraction of sp³-hybridized carbons (Fsp3) is 0.544. The number of likely N-dealkylation sites (N-methyl/N-ethyl adjacent to an activating group) is 3. The third-order valence-electron chi connectivity index (χ3n) is 20.4. The van der Waals surface area contributed by atoms with E-state index in [-0.39, 0.29) is 94.9 Å². The van der Waals surface area contributed by atoms with Crippen LogP contribution in [0.4, 0.5) is 4.79 Å². The minimum atomic E-state index is -1.84. The minimum absolute atomic E-state index is 0.00913. The van der Waals surface area contributed by atoms with Gasteiger partial charge in [-0.3, -0.25) is 77.3 Å². The maximum atomic E-state index is 15.5. The number of aromatic nitrogens is 4. The number of aliphatic hydroxyl groups excluding tert-OH is 1. The fourth-order valence-corrected chi connectivity index (χ4v) is 14.2. The summed E-state index contributed by atoms with van der Waals surface area (Å²) in [4.78, 5) is 241. The monoisotopic (exact) mass is 1710 g/mol. The summed E-state index contributed by atoms with van der Waals surface area (Å²) in [7, 11) is 5.30. The highest BCUT2D eigenvalue weighted by molar-refractivity contribution is 7.80. The van der Waals surface area contributed by atoms with E-state index in [4.69, 9.17) is 27.3 Å². The molecule has 1 fully saturated rings. The first-order valence-electron chi connectivity index (χ1n) is 40.1. The van der Waals surface area contributed by atoms with Crippen molar-refractivity contribution < 1.29 is 86.6 Å². The number of thiol groups is 1. The molecule has 1 aliphatic rings. The van der Waals surface area contributed by atoms with Crippen molar-refractivity contribution in [2.45, 2.75) is 203 Å². The van der Waals surface area contributed by atoms with Crippen molar-refractivity contribution in [3.8, 4) is 0 Å². The second kappa shape index (κ2) is 48.0. The topological polar surface area (TPSA) is 610 Å². The van der Waals surface area contributed by atoms with E-state index in [0.29, 0.717) is 64.3 Å². The van der Waals surface area contributed by atoms with Crippen molar-refractivity contribution in [3.63, 3.8) is 0 Å². The highest BCUT2D eigenvalue weighted by Gasteiger charge is 2.43. The van der Waals surface area contributed by atoms with Gasteiger partial charge in [-0.25, -0.2) is 9.78 Å². The smallest absolute Gasteiger partial charge is 0.407 e. The maximum Gasteiger partial charge on any atom is 0.407 e. The molecule has 0 spiro atoms. The third kappa shape index (κ3) is 29.2. The highest BCUT2D eigenvalue weighted by atomic mass is 32.1. The van der Waals surface area contributed by atoms with Gasteiger partial charge in [0, 0.05) is 112 Å². The van der Waals surface area contributed by atoms with Gasteiger partial charge in [0.1, 0.15) is 66.5 Å². The molecule has 12 atom stereocenters. The zero-order chi connectivity index (χ0) is 89.3. The van der Waals surface area contributed by atoms with Crippen molar-refractivity contribution in [1.82, 2.24) is 98.0 Å². The van der Waals surface area contributed by atoms with E-state index >= 15 is 9.59 Å². The molecule has 121 heavy (non-hydrogen) atoms. The molecule has 0 saturated carbocycles. The molecule has 3 aromatic heterocycles. The van der Waals surface area contributed by atoms with Crippen LogP contribution in [0.15, 0.2) is 73.4 Å². The summed E-state index contributed by atoms with van der Waals surface area (Å²) in [6.07, 6.45) is 4.69. The number of primary amides is 2. The SMILES string of the molecule is CCCC[C@@H](C(=O)N(C)[C@@H](CCCC)C(=O)N[C@@H](CCCNC(=N)N)C(=O)N[C@@H](CS)C(=O)NCC(N)=O)N(C)C(=O)[C@H](Cc1c[nH]c2ccccc12)NC(=O)[C@H](CO)NC(=O)[C@H](Cc1c[nH]c2ccccc12)NC(=O)CN(C)C(=O)[C@H](CC(C)C)NC(=O)[C@H](Cc1cnc[nH]1)NC(=O)[C@@H]1CCCN1C(=O)[C@H](CC(N)=O)NC(=O)[C@H](C)OC(=O)NC. The Morgan fingerprint density at radius 3 is 1.71 bits per heavy atom. The Morgan fingerprint density at radius 1 is 0.603 bits per heavy atom. The van der Waals surface area contributed by atoms with E-state index in [9.17, 15) is 72.2 Å². The largest absolute Gasteiger partial charge is 0.436 e. The number of hydrogen-bond acceptors (Lipinski definition) is 21. The minimum Gasteiger partial charge on any atom is -0.436 e. The number of H-pyrrole nitrogens is 3. The number of hydrogen-bond donors (Lipinski definition) is 20. The van der Waals surface area contributed by atoms with Gasteiger partial charge >= 0.3 is 6.09 Å². The molecule has 4 heterocycles. The lowest BCUT2D eigenvalue weighted by Crippen LogP contribution is -2.61. The van der Waals surface area contributed by atoms with E-state index < -0.39 is 193 Å². The van der Waals surface area contributed by atoms with Gasteiger partial charge in [-0.15, -0.1) is 0 Å². The Balaban J connectivity index is 1.24. The summed E-state index contributed by atoms with van der Waals surface area (Å²) in [6, 6.07) is -1.62. The number of carbonyl (C=O) groups excluding carboxylic acids is 16. The molecule has 2 aromatic carbocycles. The number of aliphatic hydroxyl groups is 1. The third-order valence-corrected chi connectivity index (χ3v) is 20.8. The van der Waals surface area contributed by atoms with Gasteiger partial charge < -0.3 is 120 Å². The molecular weight excluding hydrogens is 1590 g/mol. The van der Waals surface area contributed by atoms with E-state index in [1.165, 1.54) is 52.5 Å². The number of unbranched alkanes of at least 4 members (excludes halogenated alkanes) is 2. The number of nitrogens with two attached hydrogens (primary N) is 3. The number of nitrogens with zero attached hydrogens (tertiary/aromatic N) is 5. The van der Waals surface area contributed by atoms with Crippen LogP contribution in [0.25, 0.3) is 21.8 Å². The number of ether oxygens (including phenoxy) is 1. The summed E-state index contributed by atoms with van der Waals surface area (Å²) in [5, 5.41) is 48.3. The number of imidazole rings is 1. The Morgan fingerprint density at radius 2 is 1.15 bits per heavy atom. The van der Waals surface area contributed by atoms with Crippen molar-refractivity contribution in [2.24, 2.45) is 23.1 Å². The van der Waals surface area contributed by atoms with E-state index in [2.05, 4.69) is 91.0 Å². The number of likely N-dealkylation sites (tertiary alicyclic amines) is 1. The standard InChI is InChI=1S/C79H117N23O18S/c1-10-12-25-60(72(113)92-52(24-18-28-86-78(82)83)68(109)98-59(41-121)67(108)89-38-64(81)105)100(8)77(118)62(26-13-11-2)101(9)75(116)56(32-46-36-88-51-23-17-15-21-49(46)51)96-71(112)58(40-103)97-69(110)53(31-45-35-87-50-22-16-14-20-48(45)50)91-65(106)39-99(7)74(115)55(30-43(3)4)95-70(111)54(33-47-37-85-42-90-47)93-73(114)61-27-19-29-102(61)76(117)57(34-63(80)104)94-66(107)44(5)120-79(119)84-6/h14-17,20-23,35-37,42-44,52-62,87-88,103,121H,10-13,18-19,24-34,38-41H2,1-9H3,(H2,80,104)(H2,81,105)(H,84,119)(H,85,90)(H,89,108)(H,91,106)(H,92,113)(H,93,114)(H,94,107)(H,95,111)(H,96,112)(H,97,110)(H,98,109)(H4,82,83,86)/t44-,52-,53-,54-,55-,56-,57-,58-,59-,60-,61-,62-/m0/s1. The predicted octanol–water partition coefficient (Wildman–Crippen LogP) is -2.78. The molecule has 22 N–H and O–H groups in total. The van der Waals surface area contributed by atoms with Gasteiger partial charge in [-0.05, 0) is 81.0 Å². The fourth-order valence-electron chi connectivity index (χ4n) is 13.9. The predicted molar refractivity (Wildman–Crippen MR) is 447 cm³/mol. The lowest BCUT2D eigenvalue weighted by molar-refractivity contribution is -0.149. The number of fused-ring (bicyclic) bond motifs is 2. The average Bonchev–Trinajstić information content (AvgIpc) is 1.72. The Kier molecular flexibility index (Phi) is 38.7. The lowest BCUT2D eigenvalue weighted by Gasteiger charge is -2.36. The van der Waals surface area contributed by atoms with Crippen molar-refractivity contribution in [3.05, 3.63) is 90.3 Å². The summed E-state index contributed by atoms with van der Waals surface area (Å²) >= 11 is 4.21. The van der Waals surface area contributed by atoms with Crippen LogP contribution >= 0.6 is 12.6 Å². The summed E-state index contributed by atoms with van der Waals surface area (Å²) in [5.41, 5.74) is 19.0. The van der Waals surface area contributed by atoms with Crippen LogP contribution in [0.5, 0.6) is 0 Å². The Bertz CT molecular complexity index is 4440. The second-order valence-corrected chi connectivity index (χ2v) is 30.5. The normalized spacial score (nSPS) is 15.2. The number of aromatic amines is 3. The van der Waals surface area contributed by atoms with Crippen LogP contribution in [0.2, 0.25) is 0 Å². The number of carbonyl (C=O) groups is 16. The first-order chi connectivity index (χ1) is 57.5. The average molecular weight is 1710 g/mol. The van der Waals surface area contributed by atoms with E-state index in [1.807, 2.05) is 13.8 Å². The highest BCUT2D eigenvalue weighted by Crippen LogP contribution is 2.25. The molecule has 41 nitrogen and oxygen atoms in total. The number of nitrogens with one attached hydrogen (secondary N) is 15. The number of amides is 16.